The molecule has 0 saturated heterocycles. The van der Waals surface area contributed by atoms with Gasteiger partial charge in [0.1, 0.15) is 0 Å². The molecule has 0 N–H and O–H groups in total. The van der Waals surface area contributed by atoms with E-state index in [0.717, 1.165) is 62.8 Å². The van der Waals surface area contributed by atoms with Crippen molar-refractivity contribution in [2.24, 2.45) is 0 Å². The molecule has 0 atom stereocenters. The first-order chi connectivity index (χ1) is 2.00. The molecule has 6 heavy (non-hydrogen) atoms. The summed E-state index contributed by atoms with van der Waals surface area (Å²) in [5.74, 6) is 0. The van der Waals surface area contributed by atoms with Crippen molar-refractivity contribution in [3.8, 4) is 0 Å². The van der Waals surface area contributed by atoms with Crippen LogP contribution in [0.4, 0.5) is 0 Å². The number of rotatable bonds is 0. The average Bonchev–Trinajstić information content (AvgIpc) is 0.722. The molecule has 0 aliphatic heterocycles. The maximum absolute atomic E-state index is 2.29. The van der Waals surface area contributed by atoms with Crippen LogP contribution < -0.4 is 0 Å². The van der Waals surface area contributed by atoms with Gasteiger partial charge in [-0.2, -0.15) is 0 Å². The van der Waals surface area contributed by atoms with Crippen LogP contribution in [0, 0.1) is 0 Å². The van der Waals surface area contributed by atoms with Gasteiger partial charge in [-0.1, -0.05) is 0 Å². The van der Waals surface area contributed by atoms with Crippen LogP contribution in [0.5, 0.6) is 0 Å². The van der Waals surface area contributed by atoms with Gasteiger partial charge in [-0.3, -0.25) is 0 Å². The topological polar surface area (TPSA) is 0 Å². The van der Waals surface area contributed by atoms with Gasteiger partial charge in [0.25, 0.3) is 0 Å². The van der Waals surface area contributed by atoms with Crippen molar-refractivity contribution >= 4 is 93.2 Å². The fourth-order valence-electron chi connectivity index (χ4n) is 0. The fourth-order valence-corrected chi connectivity index (χ4v) is 0. The summed E-state index contributed by atoms with van der Waals surface area (Å²) in [5, 5.41) is 0. The Hall–Kier alpha value is 2.97. The molecule has 0 fully saturated rings. The zero-order chi connectivity index (χ0) is 4.50. The van der Waals surface area contributed by atoms with Crippen LogP contribution >= 0.6 is 0 Å². The Morgan fingerprint density at radius 3 is 1.17 bits per heavy atom. The van der Waals surface area contributed by atoms with Gasteiger partial charge in [0.05, 0.1) is 0 Å². The fraction of sp³-hybridized carbons (Fsp3) is 1.00. The quantitative estimate of drug-likeness (QED) is 0.520. The van der Waals surface area contributed by atoms with E-state index in [-0.39, 0.29) is 27.3 Å². The minimum atomic E-state index is 0. The van der Waals surface area contributed by atoms with Crippen LogP contribution in [0.25, 0.3) is 0 Å². The summed E-state index contributed by atoms with van der Waals surface area (Å²) in [6.45, 7) is 6.86. The summed E-state index contributed by atoms with van der Waals surface area (Å²) in [7, 11) is 0. The van der Waals surface area contributed by atoms with Crippen molar-refractivity contribution in [1.82, 2.24) is 0 Å². The molecule has 0 rings (SSSR count). The van der Waals surface area contributed by atoms with Crippen LogP contribution in [0.2, 0.25) is -3.16 Å². The Morgan fingerprint density at radius 2 is 1.17 bits per heavy atom. The molecule has 0 heterocycles. The molecule has 0 aromatic heterocycles. The molecule has 32 valence electrons. The van der Waals surface area contributed by atoms with Crippen molar-refractivity contribution in [2.45, 2.75) is 17.6 Å². The van der Waals surface area contributed by atoms with Crippen LogP contribution in [0.3, 0.4) is 0 Å². The predicted molar refractivity (Wildman–Crippen MR) is 34.0 cm³/mol. The second-order valence-electron chi connectivity index (χ2n) is 3.00. The summed E-state index contributed by atoms with van der Waals surface area (Å²) in [6.07, 6.45) is 0. The van der Waals surface area contributed by atoms with Gasteiger partial charge in [0.15, 0.2) is 0 Å². The van der Waals surface area contributed by atoms with Crippen LogP contribution in [-0.4, -0.2) is 93.2 Å². The Labute approximate surface area is 107 Å². The second kappa shape index (κ2) is 4.82. The summed E-state index contributed by atoms with van der Waals surface area (Å²) >= 11 is 0.780. The summed E-state index contributed by atoms with van der Waals surface area (Å²) < 4.78 is 0.722. The molecule has 0 spiro atoms. The second-order valence-corrected chi connectivity index (χ2v) is 12.4. The van der Waals surface area contributed by atoms with Gasteiger partial charge >= 0.3 is 111 Å². The van der Waals surface area contributed by atoms with Gasteiger partial charge in [-0.25, -0.2) is 0 Å². The van der Waals surface area contributed by atoms with Crippen LogP contribution in [0.1, 0.15) is 20.8 Å². The van der Waals surface area contributed by atoms with Gasteiger partial charge in [0.2, 0.25) is 0 Å². The predicted octanol–water partition coefficient (Wildman–Crippen LogP) is 0.457. The molecule has 2 radical (unpaired) electrons. The van der Waals surface area contributed by atoms with E-state index in [1.807, 2.05) is 0 Å². The van der Waals surface area contributed by atoms with Crippen molar-refractivity contribution in [3.63, 3.8) is 0 Å². The Balaban J connectivity index is 0. The van der Waals surface area contributed by atoms with Crippen molar-refractivity contribution in [2.75, 3.05) is 0 Å². The Morgan fingerprint density at radius 1 is 1.17 bits per heavy atom. The van der Waals surface area contributed by atoms with Crippen LogP contribution in [0.15, 0.2) is 0 Å². The molecule has 0 bridgehead atoms. The monoisotopic (exact) mass is 400 g/mol. The van der Waals surface area contributed by atoms with Gasteiger partial charge in [-0.15, -0.1) is 0 Å². The maximum atomic E-state index is 2.29. The SMILES string of the molecule is C[C](C)(C)[Cs].[PbH2]. The molecule has 0 aliphatic carbocycles. The molecule has 0 saturated carbocycles. The van der Waals surface area contributed by atoms with Crippen molar-refractivity contribution in [3.05, 3.63) is 0 Å². The standard InChI is InChI=1S/C4H9.Cs.Pb.2H/c1-4(2)3;;;;/h1-3H3;;;;. The third-order valence-electron chi connectivity index (χ3n) is 0. The van der Waals surface area contributed by atoms with E-state index in [9.17, 15) is 0 Å². The van der Waals surface area contributed by atoms with Gasteiger partial charge in [-0.05, 0) is 0 Å². The minimum absolute atomic E-state index is 0. The molecule has 0 amide bonds. The molecule has 0 unspecified atom stereocenters. The van der Waals surface area contributed by atoms with Crippen LogP contribution in [-0.2, 0) is 0 Å². The Kier molecular flexibility index (Phi) is 9.42. The normalized spacial score (nSPS) is 10.2. The Bertz CT molecular complexity index is 23.0. The molecule has 0 nitrogen and oxygen atoms in total. The summed E-state index contributed by atoms with van der Waals surface area (Å²) in [5.41, 5.74) is 0. The first-order valence-corrected chi connectivity index (χ1v) is 5.14. The van der Waals surface area contributed by atoms with E-state index >= 15 is 0 Å². The van der Waals surface area contributed by atoms with Gasteiger partial charge in [0, 0.05) is 0 Å². The average molecular weight is 399 g/mol. The van der Waals surface area contributed by atoms with E-state index in [4.69, 9.17) is 0 Å². The molecule has 0 aliphatic rings. The zero-order valence-electron chi connectivity index (χ0n) is 5.21. The third-order valence-corrected chi connectivity index (χ3v) is 0. The number of hydrogen-bond donors (Lipinski definition) is 0. The van der Waals surface area contributed by atoms with E-state index in [1.165, 1.54) is 0 Å². The summed E-state index contributed by atoms with van der Waals surface area (Å²) in [4.78, 5) is 0. The molecule has 2 heteroatoms. The number of hydrogen-bond acceptors (Lipinski definition) is 0. The van der Waals surface area contributed by atoms with Gasteiger partial charge < -0.3 is 0 Å². The molecule has 0 aromatic rings. The third kappa shape index (κ3) is 28.1. The van der Waals surface area contributed by atoms with E-state index in [2.05, 4.69) is 20.8 Å². The zero-order valence-corrected chi connectivity index (χ0v) is 17.0. The molecular weight excluding hydrogens is 388 g/mol. The molecule has 0 aromatic carbocycles. The van der Waals surface area contributed by atoms with E-state index in [1.54, 1.807) is 0 Å². The van der Waals surface area contributed by atoms with Crippen molar-refractivity contribution < 1.29 is 0 Å². The van der Waals surface area contributed by atoms with E-state index in [0.29, 0.717) is 0 Å². The molecular formula is C4H11CsPb. The summed E-state index contributed by atoms with van der Waals surface area (Å²) in [6, 6.07) is 0. The first kappa shape index (κ1) is 11.7. The van der Waals surface area contributed by atoms with E-state index < -0.39 is 0 Å². The first-order valence-electron chi connectivity index (χ1n) is 2.00. The van der Waals surface area contributed by atoms with Crippen molar-refractivity contribution in [1.29, 1.82) is 0 Å².